The molecule has 1 aliphatic rings. The monoisotopic (exact) mass is 374 g/mol. The Morgan fingerprint density at radius 1 is 0.692 bits per heavy atom. The van der Waals surface area contributed by atoms with E-state index in [2.05, 4.69) is 0 Å². The van der Waals surface area contributed by atoms with Gasteiger partial charge in [0.2, 0.25) is 12.4 Å². The lowest BCUT2D eigenvalue weighted by atomic mass is 10.0. The van der Waals surface area contributed by atoms with E-state index in [1.165, 1.54) is 0 Å². The zero-order valence-corrected chi connectivity index (χ0v) is 15.5. The highest BCUT2D eigenvalue weighted by molar-refractivity contribution is 5.71. The normalized spacial score (nSPS) is 25.1. The number of hydrogen-bond acceptors (Lipinski definition) is 9. The zero-order valence-electron chi connectivity index (χ0n) is 15.5. The van der Waals surface area contributed by atoms with Crippen molar-refractivity contribution in [3.8, 4) is 0 Å². The maximum Gasteiger partial charge on any atom is 0.307 e. The summed E-state index contributed by atoms with van der Waals surface area (Å²) in [7, 11) is 0. The Balaban J connectivity index is 3.10. The standard InChI is InChI=1S/C17H26O9/c1-5-11(18)23-10-9-22-17(26-14(21)8-4)16(25-13(20)7-3)15(10)24-12(19)6-2/h10,15-17H,5-9H2,1-4H3/t10-,15-,16-,17?/m1/s1. The summed E-state index contributed by atoms with van der Waals surface area (Å²) < 4.78 is 26.5. The van der Waals surface area contributed by atoms with Crippen LogP contribution in [0.5, 0.6) is 0 Å². The van der Waals surface area contributed by atoms with Gasteiger partial charge >= 0.3 is 23.9 Å². The van der Waals surface area contributed by atoms with Crippen LogP contribution >= 0.6 is 0 Å². The lowest BCUT2D eigenvalue weighted by molar-refractivity contribution is -0.275. The molecule has 148 valence electrons. The van der Waals surface area contributed by atoms with Gasteiger partial charge in [0.05, 0.1) is 6.61 Å². The molecule has 0 aromatic rings. The van der Waals surface area contributed by atoms with Crippen LogP contribution in [0.3, 0.4) is 0 Å². The van der Waals surface area contributed by atoms with E-state index in [0.29, 0.717) is 0 Å². The van der Waals surface area contributed by atoms with Gasteiger partial charge in [0.15, 0.2) is 12.2 Å². The van der Waals surface area contributed by atoms with Crippen LogP contribution in [-0.4, -0.2) is 55.1 Å². The summed E-state index contributed by atoms with van der Waals surface area (Å²) in [6.45, 7) is 6.21. The summed E-state index contributed by atoms with van der Waals surface area (Å²) in [4.78, 5) is 46.9. The van der Waals surface area contributed by atoms with Gasteiger partial charge < -0.3 is 23.7 Å². The number of carbonyl (C=O) groups is 4. The van der Waals surface area contributed by atoms with Crippen LogP contribution in [0.15, 0.2) is 0 Å². The fourth-order valence-corrected chi connectivity index (χ4v) is 2.15. The molecule has 1 unspecified atom stereocenters. The van der Waals surface area contributed by atoms with Gasteiger partial charge in [0.1, 0.15) is 0 Å². The van der Waals surface area contributed by atoms with Crippen molar-refractivity contribution in [3.63, 3.8) is 0 Å². The second-order valence-corrected chi connectivity index (χ2v) is 5.54. The summed E-state index contributed by atoms with van der Waals surface area (Å²) in [5.74, 6) is -2.28. The molecule has 26 heavy (non-hydrogen) atoms. The molecule has 9 heteroatoms. The predicted molar refractivity (Wildman–Crippen MR) is 86.6 cm³/mol. The van der Waals surface area contributed by atoms with Crippen molar-refractivity contribution in [1.29, 1.82) is 0 Å². The van der Waals surface area contributed by atoms with Crippen molar-refractivity contribution >= 4 is 23.9 Å². The molecule has 0 aliphatic carbocycles. The van der Waals surface area contributed by atoms with Crippen LogP contribution in [0.1, 0.15) is 53.4 Å². The number of esters is 4. The maximum atomic E-state index is 11.8. The Labute approximate surface area is 152 Å². The lowest BCUT2D eigenvalue weighted by Gasteiger charge is -2.40. The Morgan fingerprint density at radius 3 is 1.62 bits per heavy atom. The molecule has 0 radical (unpaired) electrons. The number of carbonyl (C=O) groups excluding carboxylic acids is 4. The van der Waals surface area contributed by atoms with Crippen molar-refractivity contribution in [2.45, 2.75) is 78.0 Å². The largest absolute Gasteiger partial charge is 0.456 e. The highest BCUT2D eigenvalue weighted by atomic mass is 16.7. The Kier molecular flexibility index (Phi) is 9.04. The summed E-state index contributed by atoms with van der Waals surface area (Å²) >= 11 is 0. The number of rotatable bonds is 8. The van der Waals surface area contributed by atoms with Gasteiger partial charge in [-0.2, -0.15) is 0 Å². The molecule has 0 aromatic heterocycles. The maximum absolute atomic E-state index is 11.8. The minimum Gasteiger partial charge on any atom is -0.456 e. The van der Waals surface area contributed by atoms with E-state index in [9.17, 15) is 19.2 Å². The van der Waals surface area contributed by atoms with Gasteiger partial charge in [-0.25, -0.2) is 0 Å². The third kappa shape index (κ3) is 6.29. The number of hydrogen-bond donors (Lipinski definition) is 0. The van der Waals surface area contributed by atoms with Crippen molar-refractivity contribution in [2.75, 3.05) is 6.61 Å². The van der Waals surface area contributed by atoms with Crippen LogP contribution in [0.2, 0.25) is 0 Å². The molecule has 9 nitrogen and oxygen atoms in total. The molecule has 0 amide bonds. The van der Waals surface area contributed by atoms with Gasteiger partial charge in [-0.05, 0) is 0 Å². The van der Waals surface area contributed by atoms with E-state index in [-0.39, 0.29) is 32.3 Å². The highest BCUT2D eigenvalue weighted by Crippen LogP contribution is 2.26. The summed E-state index contributed by atoms with van der Waals surface area (Å²) in [5.41, 5.74) is 0. The molecule has 1 heterocycles. The molecule has 0 aromatic carbocycles. The van der Waals surface area contributed by atoms with Crippen LogP contribution in [0.25, 0.3) is 0 Å². The summed E-state index contributed by atoms with van der Waals surface area (Å²) in [6, 6.07) is 0. The Morgan fingerprint density at radius 2 is 1.12 bits per heavy atom. The average Bonchev–Trinajstić information content (AvgIpc) is 2.65. The molecule has 1 fully saturated rings. The first-order valence-corrected chi connectivity index (χ1v) is 8.75. The fourth-order valence-electron chi connectivity index (χ4n) is 2.15. The first-order chi connectivity index (χ1) is 12.4. The van der Waals surface area contributed by atoms with E-state index in [1.807, 2.05) is 0 Å². The van der Waals surface area contributed by atoms with Crippen molar-refractivity contribution in [2.24, 2.45) is 0 Å². The van der Waals surface area contributed by atoms with Gasteiger partial charge in [-0.15, -0.1) is 0 Å². The van der Waals surface area contributed by atoms with E-state index in [4.69, 9.17) is 23.7 Å². The van der Waals surface area contributed by atoms with Gasteiger partial charge in [0, 0.05) is 25.7 Å². The van der Waals surface area contributed by atoms with Crippen molar-refractivity contribution < 1.29 is 42.9 Å². The molecule has 1 rings (SSSR count). The van der Waals surface area contributed by atoms with Gasteiger partial charge in [0.25, 0.3) is 0 Å². The predicted octanol–water partition coefficient (Wildman–Crippen LogP) is 1.26. The summed E-state index contributed by atoms with van der Waals surface area (Å²) in [6.07, 6.45) is -4.30. The quantitative estimate of drug-likeness (QED) is 0.457. The molecular weight excluding hydrogens is 348 g/mol. The molecular formula is C17H26O9. The first kappa shape index (κ1) is 21.9. The lowest BCUT2D eigenvalue weighted by Crippen LogP contribution is -2.58. The Bertz CT molecular complexity index is 470. The van der Waals surface area contributed by atoms with Crippen LogP contribution in [-0.2, 0) is 42.9 Å². The third-order valence-corrected chi connectivity index (χ3v) is 3.60. The Hall–Kier alpha value is -2.16. The van der Waals surface area contributed by atoms with Crippen LogP contribution < -0.4 is 0 Å². The molecule has 0 saturated carbocycles. The van der Waals surface area contributed by atoms with E-state index in [1.54, 1.807) is 27.7 Å². The topological polar surface area (TPSA) is 114 Å². The zero-order chi connectivity index (χ0) is 19.7. The SMILES string of the molecule is CCC(=O)OC1OC[C@@H](OC(=O)CC)[C@@H](OC(=O)CC)[C@H]1OC(=O)CC. The molecule has 4 atom stereocenters. The van der Waals surface area contributed by atoms with Crippen molar-refractivity contribution in [1.82, 2.24) is 0 Å². The van der Waals surface area contributed by atoms with Crippen molar-refractivity contribution in [3.05, 3.63) is 0 Å². The minimum atomic E-state index is -1.26. The molecule has 0 N–H and O–H groups in total. The average molecular weight is 374 g/mol. The molecule has 1 saturated heterocycles. The van der Waals surface area contributed by atoms with Crippen LogP contribution in [0, 0.1) is 0 Å². The van der Waals surface area contributed by atoms with Gasteiger partial charge in [-0.1, -0.05) is 27.7 Å². The van der Waals surface area contributed by atoms with E-state index in [0.717, 1.165) is 0 Å². The van der Waals surface area contributed by atoms with Gasteiger partial charge in [-0.3, -0.25) is 19.2 Å². The minimum absolute atomic E-state index is 0.0544. The summed E-state index contributed by atoms with van der Waals surface area (Å²) in [5, 5.41) is 0. The fraction of sp³-hybridized carbons (Fsp3) is 0.765. The second-order valence-electron chi connectivity index (χ2n) is 5.54. The third-order valence-electron chi connectivity index (χ3n) is 3.60. The molecule has 0 bridgehead atoms. The van der Waals surface area contributed by atoms with Crippen LogP contribution in [0.4, 0.5) is 0 Å². The van der Waals surface area contributed by atoms with E-state index >= 15 is 0 Å². The molecule has 1 aliphatic heterocycles. The first-order valence-electron chi connectivity index (χ1n) is 8.75. The second kappa shape index (κ2) is 10.7. The van der Waals surface area contributed by atoms with E-state index < -0.39 is 48.5 Å². The smallest absolute Gasteiger partial charge is 0.307 e. The molecule has 0 spiro atoms. The number of ether oxygens (including phenoxy) is 5. The highest BCUT2D eigenvalue weighted by Gasteiger charge is 2.49.